The monoisotopic (exact) mass is 650 g/mol. The van der Waals surface area contributed by atoms with E-state index in [1.54, 1.807) is 23.7 Å². The second-order valence-electron chi connectivity index (χ2n) is 13.0. The predicted molar refractivity (Wildman–Crippen MR) is 175 cm³/mol. The number of imide groups is 1. The lowest BCUT2D eigenvalue weighted by Crippen LogP contribution is -2.61. The molecule has 9 nitrogen and oxygen atoms in total. The molecule has 250 valence electrons. The van der Waals surface area contributed by atoms with Gasteiger partial charge >= 0.3 is 0 Å². The normalized spacial score (nSPS) is 22.3. The van der Waals surface area contributed by atoms with E-state index in [9.17, 15) is 14.4 Å². The number of nitrogens with one attached hydrogen (secondary N) is 2. The van der Waals surface area contributed by atoms with Gasteiger partial charge in [0.2, 0.25) is 11.8 Å². The number of halogens is 3. The zero-order valence-electron chi connectivity index (χ0n) is 27.0. The smallest absolute Gasteiger partial charge is 0.275 e. The average Bonchev–Trinajstić information content (AvgIpc) is 3.03. The van der Waals surface area contributed by atoms with Crippen molar-refractivity contribution >= 4 is 23.2 Å². The topological polar surface area (TPSA) is 89.9 Å². The van der Waals surface area contributed by atoms with Crippen molar-refractivity contribution in [3.05, 3.63) is 81.5 Å². The third-order valence-electron chi connectivity index (χ3n) is 9.87. The van der Waals surface area contributed by atoms with Gasteiger partial charge in [-0.1, -0.05) is 24.3 Å². The fourth-order valence-corrected chi connectivity index (χ4v) is 7.06. The van der Waals surface area contributed by atoms with Gasteiger partial charge in [0.25, 0.3) is 11.5 Å². The largest absolute Gasteiger partial charge is 0.374 e. The summed E-state index contributed by atoms with van der Waals surface area (Å²) in [5.74, 6) is -4.09. The highest BCUT2D eigenvalue weighted by Crippen LogP contribution is 2.34. The van der Waals surface area contributed by atoms with Crippen LogP contribution in [0.3, 0.4) is 0 Å². The number of rotatable bonds is 7. The number of piperazine rings is 1. The molecule has 3 aliphatic rings. The number of anilines is 2. The van der Waals surface area contributed by atoms with Crippen molar-refractivity contribution < 1.29 is 22.8 Å². The summed E-state index contributed by atoms with van der Waals surface area (Å²) < 4.78 is 47.9. The summed E-state index contributed by atoms with van der Waals surface area (Å²) in [5, 5.41) is 5.27. The minimum absolute atomic E-state index is 0.0177. The second kappa shape index (κ2) is 13.2. The van der Waals surface area contributed by atoms with Crippen molar-refractivity contribution in [1.29, 1.82) is 0 Å². The lowest BCUT2D eigenvalue weighted by molar-refractivity contribution is -0.133. The van der Waals surface area contributed by atoms with Crippen LogP contribution in [0.2, 0.25) is 0 Å². The number of hydrogen-bond acceptors (Lipinski definition) is 7. The number of alkyl halides is 2. The van der Waals surface area contributed by atoms with E-state index in [1.165, 1.54) is 6.07 Å². The van der Waals surface area contributed by atoms with E-state index in [-0.39, 0.29) is 24.4 Å². The van der Waals surface area contributed by atoms with Crippen LogP contribution in [-0.4, -0.2) is 83.5 Å². The quantitative estimate of drug-likeness (QED) is 0.373. The molecule has 3 saturated heterocycles. The number of aromatic nitrogens is 1. The van der Waals surface area contributed by atoms with Crippen LogP contribution < -0.4 is 21.1 Å². The number of aryl methyl sites for hydroxylation is 1. The maximum atomic E-state index is 15.6. The first-order valence-electron chi connectivity index (χ1n) is 16.1. The number of hydrogen-bond donors (Lipinski definition) is 2. The highest BCUT2D eigenvalue weighted by molar-refractivity contribution is 6.01. The number of nitrogens with zero attached hydrogens (tertiary/aromatic N) is 4. The van der Waals surface area contributed by atoms with Gasteiger partial charge in [-0.3, -0.25) is 29.5 Å². The van der Waals surface area contributed by atoms with E-state index in [4.69, 9.17) is 0 Å². The van der Waals surface area contributed by atoms with Crippen LogP contribution in [-0.2, 0) is 23.2 Å². The van der Waals surface area contributed by atoms with Gasteiger partial charge in [0, 0.05) is 75.7 Å². The van der Waals surface area contributed by atoms with Gasteiger partial charge in [-0.05, 0) is 61.6 Å². The molecule has 12 heteroatoms. The molecule has 2 aromatic carbocycles. The molecule has 0 aliphatic carbocycles. The molecule has 3 aliphatic heterocycles. The first kappa shape index (κ1) is 32.8. The third-order valence-corrected chi connectivity index (χ3v) is 9.87. The van der Waals surface area contributed by atoms with Crippen molar-refractivity contribution in [2.45, 2.75) is 57.7 Å². The van der Waals surface area contributed by atoms with Gasteiger partial charge in [-0.15, -0.1) is 0 Å². The van der Waals surface area contributed by atoms with Crippen molar-refractivity contribution in [2.75, 3.05) is 49.5 Å². The van der Waals surface area contributed by atoms with E-state index in [1.807, 2.05) is 59.0 Å². The Morgan fingerprint density at radius 1 is 0.936 bits per heavy atom. The van der Waals surface area contributed by atoms with Gasteiger partial charge in [0.05, 0.1) is 18.3 Å². The molecular weight excluding hydrogens is 609 g/mol. The van der Waals surface area contributed by atoms with Crippen LogP contribution in [0.25, 0.3) is 11.1 Å². The Morgan fingerprint density at radius 3 is 2.32 bits per heavy atom. The number of carbonyl (C=O) groups excluding carboxylic acids is 2. The minimum Gasteiger partial charge on any atom is -0.374 e. The maximum absolute atomic E-state index is 15.6. The summed E-state index contributed by atoms with van der Waals surface area (Å²) >= 11 is 0. The molecule has 0 saturated carbocycles. The molecule has 3 fully saturated rings. The Morgan fingerprint density at radius 2 is 1.66 bits per heavy atom. The molecule has 6 rings (SSSR count). The maximum Gasteiger partial charge on any atom is 0.275 e. The van der Waals surface area contributed by atoms with E-state index in [0.717, 1.165) is 22.3 Å². The van der Waals surface area contributed by atoms with Crippen LogP contribution in [0, 0.1) is 19.7 Å². The lowest BCUT2D eigenvalue weighted by atomic mass is 9.96. The van der Waals surface area contributed by atoms with E-state index in [2.05, 4.69) is 10.6 Å². The van der Waals surface area contributed by atoms with Crippen LogP contribution in [0.15, 0.2) is 53.5 Å². The van der Waals surface area contributed by atoms with E-state index < -0.39 is 29.7 Å². The summed E-state index contributed by atoms with van der Waals surface area (Å²) in [6.45, 7) is 6.07. The molecule has 2 atom stereocenters. The van der Waals surface area contributed by atoms with Crippen molar-refractivity contribution in [2.24, 2.45) is 7.05 Å². The predicted octanol–water partition coefficient (Wildman–Crippen LogP) is 4.06. The summed E-state index contributed by atoms with van der Waals surface area (Å²) in [7, 11) is 1.74. The van der Waals surface area contributed by atoms with Crippen LogP contribution in [0.1, 0.15) is 36.0 Å². The molecule has 1 aromatic heterocycles. The zero-order valence-corrected chi connectivity index (χ0v) is 27.0. The average molecular weight is 651 g/mol. The highest BCUT2D eigenvalue weighted by Gasteiger charge is 2.47. The van der Waals surface area contributed by atoms with Crippen molar-refractivity contribution in [3.63, 3.8) is 0 Å². The molecule has 2 amide bonds. The Balaban J connectivity index is 1.02. The lowest BCUT2D eigenvalue weighted by Gasteiger charge is -2.46. The fraction of sp³-hybridized carbons (Fsp3) is 0.457. The van der Waals surface area contributed by atoms with Crippen LogP contribution in [0.4, 0.5) is 24.5 Å². The Hall–Kier alpha value is -4.16. The summed E-state index contributed by atoms with van der Waals surface area (Å²) in [5.41, 5.74) is 5.38. The molecule has 0 unspecified atom stereocenters. The van der Waals surface area contributed by atoms with Gasteiger partial charge in [0.15, 0.2) is 0 Å². The zero-order chi connectivity index (χ0) is 33.5. The van der Waals surface area contributed by atoms with Crippen molar-refractivity contribution in [1.82, 2.24) is 19.7 Å². The number of benzene rings is 2. The molecule has 0 radical (unpaired) electrons. The molecule has 2 N–H and O–H groups in total. The molecule has 0 spiro atoms. The molecule has 0 bridgehead atoms. The molecule has 47 heavy (non-hydrogen) atoms. The van der Waals surface area contributed by atoms with Crippen molar-refractivity contribution in [3.8, 4) is 11.1 Å². The Kier molecular flexibility index (Phi) is 9.17. The van der Waals surface area contributed by atoms with Gasteiger partial charge in [-0.2, -0.15) is 0 Å². The van der Waals surface area contributed by atoms with E-state index in [0.29, 0.717) is 69.0 Å². The summed E-state index contributed by atoms with van der Waals surface area (Å²) in [6, 6.07) is 11.1. The molecule has 4 heterocycles. The SMILES string of the molecule is Cc1c(-c2ccc(CN3CC[C@H](N4CCN(c5ccc(N[C@H]6CCC(=O)NC6=O)cc5F)CC4)C(F)(F)C3)cc2)cn(C)c(=O)c1C. The summed E-state index contributed by atoms with van der Waals surface area (Å²) in [6.07, 6.45) is 2.74. The highest BCUT2D eigenvalue weighted by atomic mass is 19.3. The Labute approximate surface area is 272 Å². The standard InChI is InChI=1S/C35H41F3N6O3/c1-22-23(2)34(47)41(3)20-27(22)25-6-4-24(5-7-25)19-42-13-12-31(35(37,38)21-42)44-16-14-43(15-17-44)30-10-8-26(18-28(30)36)39-29-9-11-32(45)40-33(29)46/h4-8,10,18,20,29,31,39H,9,11-17,19,21H2,1-3H3,(H,40,45,46)/t29-,31-/m0/s1. The third kappa shape index (κ3) is 6.94. The first-order chi connectivity index (χ1) is 22.4. The van der Waals surface area contributed by atoms with Gasteiger partial charge < -0.3 is 14.8 Å². The number of carbonyl (C=O) groups is 2. The summed E-state index contributed by atoms with van der Waals surface area (Å²) in [4.78, 5) is 41.2. The van der Waals surface area contributed by atoms with Gasteiger partial charge in [-0.25, -0.2) is 13.2 Å². The minimum atomic E-state index is -2.89. The number of amides is 2. The van der Waals surface area contributed by atoms with Crippen LogP contribution in [0.5, 0.6) is 0 Å². The number of pyridine rings is 1. The van der Waals surface area contributed by atoms with Crippen LogP contribution >= 0.6 is 0 Å². The number of likely N-dealkylation sites (tertiary alicyclic amines) is 1. The van der Waals surface area contributed by atoms with E-state index >= 15 is 13.2 Å². The number of piperidine rings is 2. The second-order valence-corrected chi connectivity index (χ2v) is 13.0. The molecular formula is C35H41F3N6O3. The Bertz CT molecular complexity index is 1720. The molecule has 3 aromatic rings. The first-order valence-corrected chi connectivity index (χ1v) is 16.1. The fourth-order valence-electron chi connectivity index (χ4n) is 7.06. The van der Waals surface area contributed by atoms with Gasteiger partial charge in [0.1, 0.15) is 11.9 Å².